The molecule has 0 N–H and O–H groups in total. The van der Waals surface area contributed by atoms with Gasteiger partial charge in [-0.15, -0.1) is 0 Å². The van der Waals surface area contributed by atoms with Crippen molar-refractivity contribution >= 4 is 34.4 Å². The van der Waals surface area contributed by atoms with E-state index in [0.717, 1.165) is 12.2 Å². The van der Waals surface area contributed by atoms with Crippen molar-refractivity contribution in [2.45, 2.75) is 70.8 Å². The minimum Gasteiger partial charge on any atom is -0.449 e. The van der Waals surface area contributed by atoms with E-state index >= 15 is 8.78 Å². The molecular weight excluding hydrogens is 469 g/mol. The molecule has 9 heteroatoms. The fourth-order valence-electron chi connectivity index (χ4n) is 7.36. The second-order valence-corrected chi connectivity index (χ2v) is 11.3. The maximum Gasteiger partial charge on any atom is 0.306 e. The molecule has 3 fully saturated rings. The number of allylic oxidation sites excluding steroid dienone is 4. The van der Waals surface area contributed by atoms with Gasteiger partial charge in [-0.1, -0.05) is 26.8 Å². The number of carbonyl (C=O) groups is 4. The van der Waals surface area contributed by atoms with Crippen molar-refractivity contribution in [3.63, 3.8) is 0 Å². The molecule has 0 spiro atoms. The summed E-state index contributed by atoms with van der Waals surface area (Å²) in [6.45, 7) is 6.28. The van der Waals surface area contributed by atoms with Crippen LogP contribution in [0.5, 0.6) is 0 Å². The van der Waals surface area contributed by atoms with Gasteiger partial charge in [-0.05, 0) is 55.2 Å². The molecule has 4 rings (SSSR count). The largest absolute Gasteiger partial charge is 0.449 e. The number of ketones is 2. The highest BCUT2D eigenvalue weighted by Crippen LogP contribution is 2.71. The number of alkyl halides is 3. The first-order valence-electron chi connectivity index (χ1n) is 11.6. The third-order valence-electron chi connectivity index (χ3n) is 8.98. The summed E-state index contributed by atoms with van der Waals surface area (Å²) >= 11 is 0.366. The normalized spacial score (nSPS) is 45.2. The van der Waals surface area contributed by atoms with Crippen LogP contribution in [0.25, 0.3) is 0 Å². The van der Waals surface area contributed by atoms with Gasteiger partial charge >= 0.3 is 5.97 Å². The lowest BCUT2D eigenvalue weighted by Gasteiger charge is -2.60. The molecule has 0 aromatic carbocycles. The highest BCUT2D eigenvalue weighted by Gasteiger charge is 2.78. The van der Waals surface area contributed by atoms with Crippen LogP contribution >= 0.6 is 11.8 Å². The van der Waals surface area contributed by atoms with E-state index in [2.05, 4.69) is 0 Å². The van der Waals surface area contributed by atoms with Gasteiger partial charge in [-0.2, -0.15) is 0 Å². The molecule has 5 nitrogen and oxygen atoms in total. The van der Waals surface area contributed by atoms with Crippen LogP contribution in [-0.4, -0.2) is 46.1 Å². The monoisotopic (exact) mass is 498 g/mol. The molecule has 3 saturated carbocycles. The molecule has 4 aliphatic carbocycles. The second kappa shape index (κ2) is 8.07. The van der Waals surface area contributed by atoms with Crippen molar-refractivity contribution in [1.29, 1.82) is 0 Å². The number of Topliss-reactive ketones (excluding diaryl/α,β-unsaturated/α-hetero) is 1. The standard InChI is InChI=1S/C25H29F3O5S/c1-5-20(31)33-25(21(32)34-12-26)13(2)8-15-16-10-18(27)17-9-14(29)6-7-22(17,3)24(16,28)19(30)11-23(15,25)4/h6-7,9,13,15-16,18H,5,8,10-12H2,1-4H3/t13-,15+,16+,18+,22+,23+,24+,25+/m1/s1. The summed E-state index contributed by atoms with van der Waals surface area (Å²) in [4.78, 5) is 51.4. The zero-order chi connectivity index (χ0) is 25.3. The number of rotatable bonds is 4. The maximum absolute atomic E-state index is 17.1. The minimum atomic E-state index is -2.50. The van der Waals surface area contributed by atoms with E-state index in [1.165, 1.54) is 13.0 Å². The predicted molar refractivity (Wildman–Crippen MR) is 120 cm³/mol. The third-order valence-corrected chi connectivity index (χ3v) is 9.66. The SMILES string of the molecule is CCC(=O)O[C@]1(C(=O)SCF)[C@H](C)C[C@H]2[C@@H]3C[C@H](F)C4=CC(=O)C=C[C@]4(C)[C@@]3(F)C(=O)C[C@@]21C. The number of ether oxygens (including phenoxy) is 1. The Morgan fingerprint density at radius 2 is 1.88 bits per heavy atom. The summed E-state index contributed by atoms with van der Waals surface area (Å²) in [7, 11) is 0. The van der Waals surface area contributed by atoms with Crippen molar-refractivity contribution in [2.24, 2.45) is 28.6 Å². The van der Waals surface area contributed by atoms with Crippen molar-refractivity contribution < 1.29 is 37.1 Å². The lowest BCUT2D eigenvalue weighted by atomic mass is 9.45. The van der Waals surface area contributed by atoms with Crippen LogP contribution in [0, 0.1) is 28.6 Å². The van der Waals surface area contributed by atoms with Crippen LogP contribution in [0.15, 0.2) is 23.8 Å². The van der Waals surface area contributed by atoms with Crippen molar-refractivity contribution in [3.05, 3.63) is 23.8 Å². The van der Waals surface area contributed by atoms with Crippen molar-refractivity contribution in [2.75, 3.05) is 6.01 Å². The maximum atomic E-state index is 17.1. The Bertz CT molecular complexity index is 1030. The van der Waals surface area contributed by atoms with Gasteiger partial charge in [0.15, 0.2) is 22.8 Å². The first kappa shape index (κ1) is 25.2. The molecule has 8 atom stereocenters. The van der Waals surface area contributed by atoms with Crippen LogP contribution in [-0.2, 0) is 23.9 Å². The molecule has 0 unspecified atom stereocenters. The Balaban J connectivity index is 1.88. The summed E-state index contributed by atoms with van der Waals surface area (Å²) in [6.07, 6.45) is 1.29. The van der Waals surface area contributed by atoms with E-state index in [0.29, 0.717) is 11.8 Å². The highest BCUT2D eigenvalue weighted by molar-refractivity contribution is 8.13. The Kier molecular flexibility index (Phi) is 5.98. The molecule has 0 aromatic rings. The molecule has 34 heavy (non-hydrogen) atoms. The molecule has 0 amide bonds. The van der Waals surface area contributed by atoms with Gasteiger partial charge in [0.25, 0.3) is 0 Å². The molecule has 0 heterocycles. The lowest BCUT2D eigenvalue weighted by Crippen LogP contribution is -2.69. The summed E-state index contributed by atoms with van der Waals surface area (Å²) in [5, 5.41) is -0.712. The number of esters is 1. The summed E-state index contributed by atoms with van der Waals surface area (Å²) in [5.74, 6) is -4.38. The van der Waals surface area contributed by atoms with Gasteiger partial charge in [-0.3, -0.25) is 19.2 Å². The highest BCUT2D eigenvalue weighted by atomic mass is 32.2. The lowest BCUT2D eigenvalue weighted by molar-refractivity contribution is -0.200. The summed E-state index contributed by atoms with van der Waals surface area (Å²) < 4.78 is 51.6. The molecule has 0 radical (unpaired) electrons. The van der Waals surface area contributed by atoms with Gasteiger partial charge in [0, 0.05) is 30.1 Å². The van der Waals surface area contributed by atoms with E-state index in [1.807, 2.05) is 0 Å². The second-order valence-electron chi connectivity index (χ2n) is 10.4. The fourth-order valence-corrected chi connectivity index (χ4v) is 8.15. The molecule has 0 saturated heterocycles. The van der Waals surface area contributed by atoms with Crippen LogP contribution in [0.3, 0.4) is 0 Å². The zero-order valence-electron chi connectivity index (χ0n) is 19.7. The average Bonchev–Trinajstić information content (AvgIpc) is 2.99. The fraction of sp³-hybridized carbons (Fsp3) is 0.680. The van der Waals surface area contributed by atoms with Crippen LogP contribution < -0.4 is 0 Å². The van der Waals surface area contributed by atoms with Crippen LogP contribution in [0.4, 0.5) is 13.2 Å². The summed E-state index contributed by atoms with van der Waals surface area (Å²) in [6, 6.07) is -1.04. The van der Waals surface area contributed by atoms with E-state index < -0.39 is 81.1 Å². The Hall–Kier alpha value is -1.90. The van der Waals surface area contributed by atoms with Gasteiger partial charge in [0.05, 0.1) is 5.41 Å². The number of carbonyl (C=O) groups excluding carboxylic acids is 4. The van der Waals surface area contributed by atoms with Crippen molar-refractivity contribution in [3.8, 4) is 0 Å². The quantitative estimate of drug-likeness (QED) is 0.526. The Morgan fingerprint density at radius 1 is 1.21 bits per heavy atom. The molecular formula is C25H29F3O5S. The molecule has 0 bridgehead atoms. The Morgan fingerprint density at radius 3 is 2.50 bits per heavy atom. The number of thioether (sulfide) groups is 1. The van der Waals surface area contributed by atoms with Gasteiger partial charge in [-0.25, -0.2) is 13.2 Å². The molecule has 4 aliphatic rings. The average molecular weight is 499 g/mol. The first-order valence-corrected chi connectivity index (χ1v) is 12.6. The van der Waals surface area contributed by atoms with E-state index in [9.17, 15) is 23.6 Å². The van der Waals surface area contributed by atoms with E-state index in [1.54, 1.807) is 20.8 Å². The van der Waals surface area contributed by atoms with Gasteiger partial charge < -0.3 is 4.74 Å². The predicted octanol–water partition coefficient (Wildman–Crippen LogP) is 4.64. The molecule has 0 aliphatic heterocycles. The first-order chi connectivity index (χ1) is 15.8. The van der Waals surface area contributed by atoms with Crippen molar-refractivity contribution in [1.82, 2.24) is 0 Å². The number of hydrogen-bond donors (Lipinski definition) is 0. The number of hydrogen-bond acceptors (Lipinski definition) is 6. The minimum absolute atomic E-state index is 0.0369. The van der Waals surface area contributed by atoms with Gasteiger partial charge in [0.1, 0.15) is 12.2 Å². The third kappa shape index (κ3) is 2.94. The molecule has 0 aromatic heterocycles. The zero-order valence-corrected chi connectivity index (χ0v) is 20.5. The van der Waals surface area contributed by atoms with E-state index in [4.69, 9.17) is 4.74 Å². The smallest absolute Gasteiger partial charge is 0.306 e. The number of fused-ring (bicyclic) bond motifs is 5. The number of halogens is 3. The topological polar surface area (TPSA) is 77.5 Å². The molecule has 186 valence electrons. The van der Waals surface area contributed by atoms with E-state index in [-0.39, 0.29) is 24.8 Å². The Labute approximate surface area is 200 Å². The van der Waals surface area contributed by atoms with Crippen LogP contribution in [0.2, 0.25) is 0 Å². The van der Waals surface area contributed by atoms with Gasteiger partial charge in [0.2, 0.25) is 5.12 Å². The van der Waals surface area contributed by atoms with Crippen LogP contribution in [0.1, 0.15) is 53.4 Å². The summed E-state index contributed by atoms with van der Waals surface area (Å²) in [5.41, 5.74) is -7.36.